The van der Waals surface area contributed by atoms with E-state index in [9.17, 15) is 4.79 Å². The second-order valence-electron chi connectivity index (χ2n) is 4.59. The van der Waals surface area contributed by atoms with Crippen LogP contribution in [0.2, 0.25) is 0 Å². The van der Waals surface area contributed by atoms with Crippen LogP contribution in [-0.4, -0.2) is 18.2 Å². The second-order valence-corrected chi connectivity index (χ2v) is 5.51. The largest absolute Gasteiger partial charge is 0.496 e. The van der Waals surface area contributed by atoms with E-state index >= 15 is 0 Å². The number of rotatable bonds is 5. The summed E-state index contributed by atoms with van der Waals surface area (Å²) in [5.41, 5.74) is 2.82. The molecule has 0 aliphatic heterocycles. The summed E-state index contributed by atoms with van der Waals surface area (Å²) in [7, 11) is 1.63. The number of ether oxygens (including phenoxy) is 1. The zero-order chi connectivity index (χ0) is 15.4. The van der Waals surface area contributed by atoms with Crippen molar-refractivity contribution in [1.29, 1.82) is 0 Å². The van der Waals surface area contributed by atoms with Crippen molar-refractivity contribution in [3.8, 4) is 5.75 Å². The molecule has 0 atom stereocenters. The Hall–Kier alpha value is -2.01. The fourth-order valence-electron chi connectivity index (χ4n) is 2.13. The molecule has 0 saturated heterocycles. The smallest absolute Gasteiger partial charge is 0.336 e. The van der Waals surface area contributed by atoms with Crippen LogP contribution in [0.5, 0.6) is 5.75 Å². The fraction of sp³-hybridized carbons (Fsp3) is 0.188. The first-order valence-electron chi connectivity index (χ1n) is 6.42. The second kappa shape index (κ2) is 6.63. The van der Waals surface area contributed by atoms with E-state index in [1.807, 2.05) is 24.3 Å². The lowest BCUT2D eigenvalue weighted by Gasteiger charge is -2.14. The summed E-state index contributed by atoms with van der Waals surface area (Å²) in [4.78, 5) is 11.1. The summed E-state index contributed by atoms with van der Waals surface area (Å²) in [6.07, 6.45) is 0. The van der Waals surface area contributed by atoms with Gasteiger partial charge in [0.25, 0.3) is 0 Å². The first-order chi connectivity index (χ1) is 10.0. The van der Waals surface area contributed by atoms with E-state index in [1.54, 1.807) is 26.2 Å². The summed E-state index contributed by atoms with van der Waals surface area (Å²) in [5.74, 6) is -0.131. The van der Waals surface area contributed by atoms with Gasteiger partial charge in [-0.3, -0.25) is 0 Å². The van der Waals surface area contributed by atoms with Crippen molar-refractivity contribution in [1.82, 2.24) is 0 Å². The molecule has 0 radical (unpaired) electrons. The van der Waals surface area contributed by atoms with Gasteiger partial charge in [0.1, 0.15) is 5.75 Å². The van der Waals surface area contributed by atoms with E-state index < -0.39 is 5.97 Å². The Bertz CT molecular complexity index is 671. The minimum absolute atomic E-state index is 0.307. The number of methoxy groups -OCH3 is 1. The van der Waals surface area contributed by atoms with Gasteiger partial charge in [-0.2, -0.15) is 0 Å². The average Bonchev–Trinajstić information content (AvgIpc) is 2.46. The normalized spacial score (nSPS) is 10.2. The molecule has 2 aromatic rings. The molecular weight excluding hydrogens is 334 g/mol. The number of aromatic carboxylic acids is 1. The molecule has 4 nitrogen and oxygen atoms in total. The maximum atomic E-state index is 11.1. The van der Waals surface area contributed by atoms with Crippen molar-refractivity contribution >= 4 is 27.6 Å². The number of anilines is 1. The third-order valence-electron chi connectivity index (χ3n) is 3.28. The van der Waals surface area contributed by atoms with Gasteiger partial charge in [0.05, 0.1) is 12.7 Å². The maximum absolute atomic E-state index is 11.1. The number of benzene rings is 2. The molecule has 2 N–H and O–H groups in total. The molecule has 0 amide bonds. The summed E-state index contributed by atoms with van der Waals surface area (Å²) < 4.78 is 6.29. The Labute approximate surface area is 131 Å². The highest BCUT2D eigenvalue weighted by molar-refractivity contribution is 9.10. The molecule has 0 aliphatic carbocycles. The van der Waals surface area contributed by atoms with Gasteiger partial charge in [-0.25, -0.2) is 4.79 Å². The fourth-order valence-corrected chi connectivity index (χ4v) is 2.54. The van der Waals surface area contributed by atoms with E-state index in [1.165, 1.54) is 0 Å². The minimum Gasteiger partial charge on any atom is -0.496 e. The van der Waals surface area contributed by atoms with Crippen LogP contribution in [0.1, 0.15) is 21.5 Å². The van der Waals surface area contributed by atoms with Crippen molar-refractivity contribution in [3.05, 3.63) is 57.6 Å². The van der Waals surface area contributed by atoms with Crippen molar-refractivity contribution in [2.45, 2.75) is 13.5 Å². The average molecular weight is 350 g/mol. The quantitative estimate of drug-likeness (QED) is 0.853. The first-order valence-corrected chi connectivity index (χ1v) is 7.21. The molecule has 110 valence electrons. The molecular formula is C16H16BrNO3. The van der Waals surface area contributed by atoms with Crippen LogP contribution in [-0.2, 0) is 6.54 Å². The molecule has 0 aliphatic rings. The van der Waals surface area contributed by atoms with E-state index in [-0.39, 0.29) is 0 Å². The highest BCUT2D eigenvalue weighted by Gasteiger charge is 2.10. The molecule has 2 rings (SSSR count). The molecule has 0 spiro atoms. The summed E-state index contributed by atoms with van der Waals surface area (Å²) in [6, 6.07) is 11.0. The van der Waals surface area contributed by atoms with Crippen molar-refractivity contribution in [2.75, 3.05) is 12.4 Å². The molecule has 0 aromatic heterocycles. The lowest BCUT2D eigenvalue weighted by Crippen LogP contribution is -2.06. The van der Waals surface area contributed by atoms with Crippen LogP contribution >= 0.6 is 15.9 Å². The SMILES string of the molecule is COc1ccc(Br)cc1CNc1cccc(C(=O)O)c1C. The third-order valence-corrected chi connectivity index (χ3v) is 3.77. The summed E-state index contributed by atoms with van der Waals surface area (Å²) >= 11 is 3.44. The Morgan fingerprint density at radius 1 is 1.33 bits per heavy atom. The van der Waals surface area contributed by atoms with E-state index in [0.29, 0.717) is 12.1 Å². The van der Waals surface area contributed by atoms with Crippen LogP contribution in [0, 0.1) is 6.92 Å². The van der Waals surface area contributed by atoms with Gasteiger partial charge in [-0.05, 0) is 42.8 Å². The minimum atomic E-state index is -0.920. The monoisotopic (exact) mass is 349 g/mol. The maximum Gasteiger partial charge on any atom is 0.336 e. The predicted octanol–water partition coefficient (Wildman–Crippen LogP) is 4.08. The van der Waals surface area contributed by atoms with Gasteiger partial charge in [0.2, 0.25) is 0 Å². The number of carboxylic acids is 1. The predicted molar refractivity (Wildman–Crippen MR) is 86.2 cm³/mol. The lowest BCUT2D eigenvalue weighted by molar-refractivity contribution is 0.0696. The van der Waals surface area contributed by atoms with Crippen LogP contribution in [0.15, 0.2) is 40.9 Å². The molecule has 0 fully saturated rings. The number of carbonyl (C=O) groups is 1. The lowest BCUT2D eigenvalue weighted by atomic mass is 10.1. The Morgan fingerprint density at radius 3 is 2.76 bits per heavy atom. The zero-order valence-electron chi connectivity index (χ0n) is 11.8. The number of carboxylic acid groups (broad SMARTS) is 1. The molecule has 2 aromatic carbocycles. The third kappa shape index (κ3) is 3.55. The van der Waals surface area contributed by atoms with Gasteiger partial charge >= 0.3 is 5.97 Å². The molecule has 0 unspecified atom stereocenters. The van der Waals surface area contributed by atoms with Gasteiger partial charge in [0, 0.05) is 22.3 Å². The molecule has 0 bridgehead atoms. The number of hydrogen-bond donors (Lipinski definition) is 2. The van der Waals surface area contributed by atoms with Crippen LogP contribution < -0.4 is 10.1 Å². The van der Waals surface area contributed by atoms with Crippen LogP contribution in [0.25, 0.3) is 0 Å². The van der Waals surface area contributed by atoms with Crippen molar-refractivity contribution in [2.24, 2.45) is 0 Å². The van der Waals surface area contributed by atoms with Gasteiger partial charge in [-0.15, -0.1) is 0 Å². The molecule has 21 heavy (non-hydrogen) atoms. The number of nitrogens with one attached hydrogen (secondary N) is 1. The Balaban J connectivity index is 2.23. The standard InChI is InChI=1S/C16H16BrNO3/c1-10-13(16(19)20)4-3-5-14(10)18-9-11-8-12(17)6-7-15(11)21-2/h3-8,18H,9H2,1-2H3,(H,19,20). The van der Waals surface area contributed by atoms with Gasteiger partial charge in [-0.1, -0.05) is 22.0 Å². The highest BCUT2D eigenvalue weighted by atomic mass is 79.9. The van der Waals surface area contributed by atoms with Gasteiger partial charge < -0.3 is 15.2 Å². The van der Waals surface area contributed by atoms with Crippen molar-refractivity contribution in [3.63, 3.8) is 0 Å². The zero-order valence-corrected chi connectivity index (χ0v) is 13.4. The van der Waals surface area contributed by atoms with Crippen LogP contribution in [0.4, 0.5) is 5.69 Å². The van der Waals surface area contributed by atoms with Crippen LogP contribution in [0.3, 0.4) is 0 Å². The Morgan fingerprint density at radius 2 is 2.10 bits per heavy atom. The van der Waals surface area contributed by atoms with E-state index in [4.69, 9.17) is 9.84 Å². The summed E-state index contributed by atoms with van der Waals surface area (Å²) in [6.45, 7) is 2.34. The van der Waals surface area contributed by atoms with E-state index in [0.717, 1.165) is 27.0 Å². The topological polar surface area (TPSA) is 58.6 Å². The molecule has 5 heteroatoms. The number of hydrogen-bond acceptors (Lipinski definition) is 3. The first kappa shape index (κ1) is 15.4. The summed E-state index contributed by atoms with van der Waals surface area (Å²) in [5, 5.41) is 12.4. The Kier molecular flexibility index (Phi) is 4.85. The molecule has 0 heterocycles. The number of halogens is 1. The van der Waals surface area contributed by atoms with Gasteiger partial charge in [0.15, 0.2) is 0 Å². The highest BCUT2D eigenvalue weighted by Crippen LogP contribution is 2.25. The molecule has 0 saturated carbocycles. The van der Waals surface area contributed by atoms with Crippen molar-refractivity contribution < 1.29 is 14.6 Å². The van der Waals surface area contributed by atoms with E-state index in [2.05, 4.69) is 21.2 Å².